The van der Waals surface area contributed by atoms with E-state index in [4.69, 9.17) is 15.2 Å². The number of carbonyl (C=O) groups is 3. The molecule has 9 nitrogen and oxygen atoms in total. The summed E-state index contributed by atoms with van der Waals surface area (Å²) in [6.45, 7) is 7.00. The molecule has 0 spiro atoms. The Kier molecular flexibility index (Phi) is 10.5. The number of nitrogens with two attached hydrogens (primary N) is 1. The summed E-state index contributed by atoms with van der Waals surface area (Å²) >= 11 is 0. The van der Waals surface area contributed by atoms with Crippen LogP contribution in [0.4, 0.5) is 0 Å². The highest BCUT2D eigenvalue weighted by Crippen LogP contribution is 2.27. The van der Waals surface area contributed by atoms with Crippen LogP contribution in [0.2, 0.25) is 0 Å². The molecule has 1 aliphatic heterocycles. The van der Waals surface area contributed by atoms with Crippen LogP contribution in [0, 0.1) is 11.8 Å². The van der Waals surface area contributed by atoms with E-state index >= 15 is 0 Å². The van der Waals surface area contributed by atoms with Crippen LogP contribution in [0.15, 0.2) is 58.5 Å². The number of nitrogens with one attached hydrogen (secondary N) is 1. The van der Waals surface area contributed by atoms with Crippen molar-refractivity contribution in [3.8, 4) is 0 Å². The molecule has 2 rings (SSSR count). The second kappa shape index (κ2) is 12.9. The minimum absolute atomic E-state index is 0.129. The number of rotatable bonds is 2. The molecule has 36 heavy (non-hydrogen) atoms. The summed E-state index contributed by atoms with van der Waals surface area (Å²) in [6.07, 6.45) is 4.89. The number of Topliss-reactive ketones (excluding diaryl/α,β-unsaturated/α-hetero) is 1. The number of allylic oxidation sites excluding steroid dienone is 4. The molecule has 0 aromatic rings. The van der Waals surface area contributed by atoms with Crippen molar-refractivity contribution >= 4 is 17.5 Å². The van der Waals surface area contributed by atoms with Gasteiger partial charge >= 0.3 is 0 Å². The van der Waals surface area contributed by atoms with Crippen molar-refractivity contribution < 1.29 is 34.1 Å². The highest BCUT2D eigenvalue weighted by Gasteiger charge is 2.32. The normalized spacial score (nSPS) is 31.6. The van der Waals surface area contributed by atoms with E-state index in [0.717, 1.165) is 6.08 Å². The third-order valence-corrected chi connectivity index (χ3v) is 6.62. The van der Waals surface area contributed by atoms with Crippen LogP contribution in [0.5, 0.6) is 0 Å². The van der Waals surface area contributed by atoms with Gasteiger partial charge < -0.3 is 30.7 Å². The second-order valence-corrected chi connectivity index (χ2v) is 9.56. The van der Waals surface area contributed by atoms with E-state index in [9.17, 15) is 24.6 Å². The second-order valence-electron chi connectivity index (χ2n) is 9.56. The van der Waals surface area contributed by atoms with E-state index < -0.39 is 41.9 Å². The molecule has 2 bridgehead atoms. The van der Waals surface area contributed by atoms with Gasteiger partial charge in [-0.2, -0.15) is 0 Å². The van der Waals surface area contributed by atoms with Gasteiger partial charge in [-0.3, -0.25) is 14.4 Å². The maximum Gasteiger partial charge on any atom is 0.251 e. The van der Waals surface area contributed by atoms with Gasteiger partial charge in [0.1, 0.15) is 12.2 Å². The molecule has 0 fully saturated rings. The van der Waals surface area contributed by atoms with Crippen molar-refractivity contribution in [1.29, 1.82) is 0 Å². The van der Waals surface area contributed by atoms with Gasteiger partial charge in [-0.15, -0.1) is 0 Å². The van der Waals surface area contributed by atoms with E-state index in [2.05, 4.69) is 5.32 Å². The van der Waals surface area contributed by atoms with Crippen molar-refractivity contribution in [1.82, 2.24) is 5.32 Å². The Bertz CT molecular complexity index is 1020. The zero-order valence-corrected chi connectivity index (χ0v) is 21.8. The molecule has 9 heteroatoms. The fourth-order valence-corrected chi connectivity index (χ4v) is 4.34. The monoisotopic (exact) mass is 502 g/mol. The first-order chi connectivity index (χ1) is 16.9. The number of aliphatic hydroxyl groups excluding tert-OH is 2. The summed E-state index contributed by atoms with van der Waals surface area (Å²) in [4.78, 5) is 38.2. The Balaban J connectivity index is 2.50. The predicted octanol–water partition coefficient (Wildman–Crippen LogP) is 1.62. The summed E-state index contributed by atoms with van der Waals surface area (Å²) in [5.41, 5.74) is 6.69. The number of aliphatic hydroxyl groups is 2. The fourth-order valence-electron chi connectivity index (χ4n) is 4.34. The largest absolute Gasteiger partial charge is 0.395 e. The van der Waals surface area contributed by atoms with Gasteiger partial charge in [-0.25, -0.2) is 0 Å². The first-order valence-electron chi connectivity index (χ1n) is 12.0. The average Bonchev–Trinajstić information content (AvgIpc) is 2.84. The lowest BCUT2D eigenvalue weighted by Gasteiger charge is -2.29. The van der Waals surface area contributed by atoms with Crippen molar-refractivity contribution in [2.75, 3.05) is 14.2 Å². The number of ketones is 2. The summed E-state index contributed by atoms with van der Waals surface area (Å²) in [5.74, 6) is -2.16. The maximum atomic E-state index is 13.1. The molecule has 1 amide bonds. The topological polar surface area (TPSA) is 148 Å². The van der Waals surface area contributed by atoms with E-state index in [1.165, 1.54) is 20.3 Å². The highest BCUT2D eigenvalue weighted by molar-refractivity contribution is 6.23. The average molecular weight is 503 g/mol. The van der Waals surface area contributed by atoms with Crippen LogP contribution in [0.25, 0.3) is 0 Å². The molecule has 6 atom stereocenters. The molecule has 5 N–H and O–H groups in total. The summed E-state index contributed by atoms with van der Waals surface area (Å²) < 4.78 is 11.0. The fraction of sp³-hybridized carbons (Fsp3) is 0.519. The Morgan fingerprint density at radius 3 is 2.36 bits per heavy atom. The SMILES string of the molecule is CO[C@H]1C=CC=C(C)C(=O)NC2=CC(=O)C(N)=C(C[C@@H](C)C[C@H](OC)[C@H](O)[C@@H](C)C=C(C)[C@@H]1O)C2=O. The third-order valence-electron chi connectivity index (χ3n) is 6.62. The van der Waals surface area contributed by atoms with Gasteiger partial charge in [0.2, 0.25) is 11.6 Å². The minimum atomic E-state index is -0.978. The van der Waals surface area contributed by atoms with E-state index in [1.807, 2.05) is 13.8 Å². The summed E-state index contributed by atoms with van der Waals surface area (Å²) in [7, 11) is 2.95. The highest BCUT2D eigenvalue weighted by atomic mass is 16.5. The quantitative estimate of drug-likeness (QED) is 0.329. The lowest BCUT2D eigenvalue weighted by atomic mass is 9.85. The number of hydrogen-bond acceptors (Lipinski definition) is 8. The summed E-state index contributed by atoms with van der Waals surface area (Å²) in [6, 6.07) is 0. The van der Waals surface area contributed by atoms with Crippen molar-refractivity contribution in [3.63, 3.8) is 0 Å². The van der Waals surface area contributed by atoms with E-state index in [1.54, 1.807) is 32.1 Å². The molecular weight excluding hydrogens is 464 g/mol. The minimum Gasteiger partial charge on any atom is -0.395 e. The lowest BCUT2D eigenvalue weighted by molar-refractivity contribution is -0.120. The Morgan fingerprint density at radius 1 is 1.08 bits per heavy atom. The number of methoxy groups -OCH3 is 2. The Morgan fingerprint density at radius 2 is 1.75 bits per heavy atom. The Hall–Kier alpha value is -2.85. The van der Waals surface area contributed by atoms with Crippen LogP contribution >= 0.6 is 0 Å². The van der Waals surface area contributed by atoms with Crippen LogP contribution in [0.3, 0.4) is 0 Å². The van der Waals surface area contributed by atoms with Gasteiger partial charge in [0.05, 0.1) is 23.6 Å². The smallest absolute Gasteiger partial charge is 0.251 e. The molecule has 0 radical (unpaired) electrons. The van der Waals surface area contributed by atoms with Crippen LogP contribution < -0.4 is 11.1 Å². The lowest BCUT2D eigenvalue weighted by Crippen LogP contribution is -2.36. The third kappa shape index (κ3) is 7.10. The zero-order chi connectivity index (χ0) is 27.2. The number of amides is 1. The van der Waals surface area contributed by atoms with Gasteiger partial charge in [0.25, 0.3) is 5.91 Å². The number of carbonyl (C=O) groups excluding carboxylic acids is 3. The number of ether oxygens (including phenoxy) is 2. The maximum absolute atomic E-state index is 13.1. The molecule has 198 valence electrons. The number of hydrogen-bond donors (Lipinski definition) is 4. The van der Waals surface area contributed by atoms with Gasteiger partial charge in [0, 0.05) is 37.4 Å². The van der Waals surface area contributed by atoms with E-state index in [-0.39, 0.29) is 40.8 Å². The van der Waals surface area contributed by atoms with Crippen molar-refractivity contribution in [3.05, 3.63) is 58.5 Å². The van der Waals surface area contributed by atoms with Crippen LogP contribution in [-0.4, -0.2) is 66.3 Å². The molecule has 0 saturated carbocycles. The van der Waals surface area contributed by atoms with Crippen molar-refractivity contribution in [2.45, 2.75) is 65.0 Å². The van der Waals surface area contributed by atoms with Crippen LogP contribution in [0.1, 0.15) is 40.5 Å². The van der Waals surface area contributed by atoms with Gasteiger partial charge in [0.15, 0.2) is 0 Å². The first-order valence-corrected chi connectivity index (χ1v) is 12.0. The van der Waals surface area contributed by atoms with Gasteiger partial charge in [-0.05, 0) is 38.2 Å². The molecule has 2 aliphatic rings. The van der Waals surface area contributed by atoms with Gasteiger partial charge in [-0.1, -0.05) is 38.2 Å². The van der Waals surface area contributed by atoms with Crippen LogP contribution in [-0.2, 0) is 23.9 Å². The molecule has 1 heterocycles. The first kappa shape index (κ1) is 29.4. The molecule has 0 aromatic heterocycles. The predicted molar refractivity (Wildman–Crippen MR) is 135 cm³/mol. The molecule has 0 saturated heterocycles. The standard InChI is InChI=1S/C27H38N2O7/c1-14-10-18-23(28)20(30)13-19(26(18)33)29-27(34)15(2)8-7-9-21(35-5)24(31)16(3)12-17(4)25(32)22(11-14)36-6/h7-9,12-14,17,21-22,24-25,31-32H,10-11,28H2,1-6H3,(H,29,34)/t14-,17+,21+,22+,24+,25-/m1/s1. The van der Waals surface area contributed by atoms with Crippen molar-refractivity contribution in [2.24, 2.45) is 17.6 Å². The summed E-state index contributed by atoms with van der Waals surface area (Å²) in [5, 5.41) is 24.3. The molecule has 0 unspecified atom stereocenters. The number of fused-ring (bicyclic) bond motifs is 2. The molecule has 1 aliphatic carbocycles. The molecular formula is C27H38N2O7. The zero-order valence-electron chi connectivity index (χ0n) is 21.8. The Labute approximate surface area is 212 Å². The molecule has 0 aromatic carbocycles. The van der Waals surface area contributed by atoms with E-state index in [0.29, 0.717) is 12.0 Å².